The second-order valence-electron chi connectivity index (χ2n) is 2.33. The Morgan fingerprint density at radius 2 is 2.00 bits per heavy atom. The van der Waals surface area contributed by atoms with Gasteiger partial charge in [-0.2, -0.15) is 0 Å². The number of halogens is 4. The van der Waals surface area contributed by atoms with Crippen LogP contribution in [0.1, 0.15) is 10.4 Å². The van der Waals surface area contributed by atoms with Crippen molar-refractivity contribution < 1.29 is 18.3 Å². The highest BCUT2D eigenvalue weighted by atomic mass is 79.9. The number of benzene rings is 1. The molecule has 0 spiro atoms. The lowest BCUT2D eigenvalue weighted by molar-refractivity contribution is 0.0593. The van der Waals surface area contributed by atoms with E-state index in [9.17, 15) is 13.6 Å². The molecule has 1 aromatic rings. The minimum atomic E-state index is -0.930. The summed E-state index contributed by atoms with van der Waals surface area (Å²) in [4.78, 5) is 11.0. The van der Waals surface area contributed by atoms with Crippen molar-refractivity contribution in [1.82, 2.24) is 0 Å². The molecule has 0 radical (unpaired) electrons. The lowest BCUT2D eigenvalue weighted by Crippen LogP contribution is -2.07. The zero-order valence-corrected chi connectivity index (χ0v) is 10.1. The Kier molecular flexibility index (Phi) is 3.60. The quantitative estimate of drug-likeness (QED) is 0.449. The van der Waals surface area contributed by atoms with Crippen molar-refractivity contribution in [3.05, 3.63) is 32.2 Å². The second kappa shape index (κ2) is 4.35. The third-order valence-corrected chi connectivity index (χ3v) is 2.83. The lowest BCUT2D eigenvalue weighted by Gasteiger charge is -2.06. The van der Waals surface area contributed by atoms with E-state index in [0.717, 1.165) is 13.2 Å². The molecular weight excluding hydrogens is 326 g/mol. The number of carbonyl (C=O) groups excluding carboxylic acids is 1. The first kappa shape index (κ1) is 11.6. The molecule has 0 aromatic heterocycles. The molecule has 0 fully saturated rings. The molecule has 0 saturated heterocycles. The van der Waals surface area contributed by atoms with E-state index >= 15 is 0 Å². The van der Waals surface area contributed by atoms with E-state index in [1.165, 1.54) is 0 Å². The number of hydrogen-bond acceptors (Lipinski definition) is 2. The Hall–Kier alpha value is -0.490. The van der Waals surface area contributed by atoms with Gasteiger partial charge in [-0.15, -0.1) is 0 Å². The number of rotatable bonds is 1. The number of carbonyl (C=O) groups is 1. The van der Waals surface area contributed by atoms with Gasteiger partial charge in [0.2, 0.25) is 0 Å². The average Bonchev–Trinajstić information content (AvgIpc) is 2.14. The van der Waals surface area contributed by atoms with Crippen LogP contribution in [0.3, 0.4) is 0 Å². The van der Waals surface area contributed by atoms with Crippen LogP contribution in [0.4, 0.5) is 8.78 Å². The maximum Gasteiger partial charge on any atom is 0.342 e. The van der Waals surface area contributed by atoms with E-state index in [-0.39, 0.29) is 8.95 Å². The van der Waals surface area contributed by atoms with Gasteiger partial charge >= 0.3 is 5.97 Å². The summed E-state index contributed by atoms with van der Waals surface area (Å²) < 4.78 is 30.4. The molecule has 76 valence electrons. The van der Waals surface area contributed by atoms with Gasteiger partial charge in [0.05, 0.1) is 16.1 Å². The van der Waals surface area contributed by atoms with Crippen molar-refractivity contribution in [2.24, 2.45) is 0 Å². The molecule has 0 atom stereocenters. The monoisotopic (exact) mass is 328 g/mol. The zero-order valence-electron chi connectivity index (χ0n) is 6.91. The summed E-state index contributed by atoms with van der Waals surface area (Å²) in [6, 6.07) is 0.867. The molecule has 0 bridgehead atoms. The maximum atomic E-state index is 13.2. The van der Waals surface area contributed by atoms with E-state index in [0.29, 0.717) is 0 Å². The highest BCUT2D eigenvalue weighted by molar-refractivity contribution is 9.11. The molecule has 2 nitrogen and oxygen atoms in total. The predicted molar refractivity (Wildman–Crippen MR) is 53.1 cm³/mol. The summed E-state index contributed by atoms with van der Waals surface area (Å²) in [6.45, 7) is 0. The maximum absolute atomic E-state index is 13.2. The molecule has 6 heteroatoms. The Balaban J connectivity index is 3.44. The first-order valence-corrected chi connectivity index (χ1v) is 4.99. The van der Waals surface area contributed by atoms with Crippen molar-refractivity contribution in [2.45, 2.75) is 0 Å². The van der Waals surface area contributed by atoms with E-state index in [4.69, 9.17) is 0 Å². The van der Waals surface area contributed by atoms with Crippen molar-refractivity contribution in [3.8, 4) is 0 Å². The van der Waals surface area contributed by atoms with Crippen LogP contribution in [0.25, 0.3) is 0 Å². The molecule has 0 N–H and O–H groups in total. The van der Waals surface area contributed by atoms with Gasteiger partial charge in [0, 0.05) is 0 Å². The molecular formula is C8H4Br2F2O2. The molecule has 14 heavy (non-hydrogen) atoms. The van der Waals surface area contributed by atoms with Gasteiger partial charge in [-0.25, -0.2) is 13.6 Å². The fourth-order valence-corrected chi connectivity index (χ4v) is 2.09. The summed E-state index contributed by atoms with van der Waals surface area (Å²) in [5.41, 5.74) is -0.451. The SMILES string of the molecule is COC(=O)c1c(F)cc(Br)c(F)c1Br. The summed E-state index contributed by atoms with van der Waals surface area (Å²) in [5.74, 6) is -2.52. The van der Waals surface area contributed by atoms with Gasteiger partial charge < -0.3 is 4.74 Å². The molecule has 0 saturated carbocycles. The first-order valence-electron chi connectivity index (χ1n) is 3.40. The Labute approximate surface area is 95.5 Å². The smallest absolute Gasteiger partial charge is 0.342 e. The fraction of sp³-hybridized carbons (Fsp3) is 0.125. The van der Waals surface area contributed by atoms with Gasteiger partial charge in [0.15, 0.2) is 5.82 Å². The van der Waals surface area contributed by atoms with Crippen molar-refractivity contribution in [3.63, 3.8) is 0 Å². The summed E-state index contributed by atoms with van der Waals surface area (Å²) in [7, 11) is 1.09. The highest BCUT2D eigenvalue weighted by Crippen LogP contribution is 2.29. The third-order valence-electron chi connectivity index (χ3n) is 1.50. The number of methoxy groups -OCH3 is 1. The normalized spacial score (nSPS) is 10.1. The van der Waals surface area contributed by atoms with Crippen molar-refractivity contribution >= 4 is 37.8 Å². The highest BCUT2D eigenvalue weighted by Gasteiger charge is 2.21. The standard InChI is InChI=1S/C8H4Br2F2O2/c1-14-8(13)5-4(11)2-3(9)7(12)6(5)10/h2H,1H3. The Morgan fingerprint density at radius 3 is 2.50 bits per heavy atom. The van der Waals surface area contributed by atoms with Crippen LogP contribution in [0, 0.1) is 11.6 Å². The van der Waals surface area contributed by atoms with Gasteiger partial charge in [0.25, 0.3) is 0 Å². The van der Waals surface area contributed by atoms with Gasteiger partial charge in [-0.1, -0.05) is 0 Å². The molecule has 0 aliphatic carbocycles. The summed E-state index contributed by atoms with van der Waals surface area (Å²) >= 11 is 5.58. The summed E-state index contributed by atoms with van der Waals surface area (Å²) in [5, 5.41) is 0. The minimum Gasteiger partial charge on any atom is -0.465 e. The van der Waals surface area contributed by atoms with Gasteiger partial charge in [-0.05, 0) is 37.9 Å². The number of esters is 1. The minimum absolute atomic E-state index is 0.0606. The summed E-state index contributed by atoms with van der Waals surface area (Å²) in [6.07, 6.45) is 0. The molecule has 0 aliphatic heterocycles. The largest absolute Gasteiger partial charge is 0.465 e. The first-order chi connectivity index (χ1) is 6.49. The van der Waals surface area contributed by atoms with Crippen LogP contribution in [-0.4, -0.2) is 13.1 Å². The van der Waals surface area contributed by atoms with Crippen LogP contribution in [0.15, 0.2) is 15.0 Å². The molecule has 1 rings (SSSR count). The van der Waals surface area contributed by atoms with E-state index in [1.807, 2.05) is 0 Å². The Bertz CT molecular complexity index is 393. The average molecular weight is 330 g/mol. The van der Waals surface area contributed by atoms with Crippen LogP contribution >= 0.6 is 31.9 Å². The van der Waals surface area contributed by atoms with E-state index in [2.05, 4.69) is 36.6 Å². The van der Waals surface area contributed by atoms with E-state index < -0.39 is 23.2 Å². The molecule has 1 aromatic carbocycles. The predicted octanol–water partition coefficient (Wildman–Crippen LogP) is 3.28. The fourth-order valence-electron chi connectivity index (χ4n) is 0.855. The molecule has 0 aliphatic rings. The number of ether oxygens (including phenoxy) is 1. The van der Waals surface area contributed by atoms with Crippen molar-refractivity contribution in [2.75, 3.05) is 7.11 Å². The molecule has 0 heterocycles. The van der Waals surface area contributed by atoms with Crippen LogP contribution in [0.5, 0.6) is 0 Å². The van der Waals surface area contributed by atoms with Gasteiger partial charge in [-0.3, -0.25) is 0 Å². The molecule has 0 unspecified atom stereocenters. The van der Waals surface area contributed by atoms with Crippen molar-refractivity contribution in [1.29, 1.82) is 0 Å². The second-order valence-corrected chi connectivity index (χ2v) is 3.98. The Morgan fingerprint density at radius 1 is 1.43 bits per heavy atom. The van der Waals surface area contributed by atoms with E-state index in [1.54, 1.807) is 0 Å². The number of hydrogen-bond donors (Lipinski definition) is 0. The zero-order chi connectivity index (χ0) is 10.9. The van der Waals surface area contributed by atoms with Crippen LogP contribution in [-0.2, 0) is 4.74 Å². The van der Waals surface area contributed by atoms with Gasteiger partial charge in [0.1, 0.15) is 11.4 Å². The lowest BCUT2D eigenvalue weighted by atomic mass is 10.2. The third kappa shape index (κ3) is 1.95. The topological polar surface area (TPSA) is 26.3 Å². The molecule has 0 amide bonds. The van der Waals surface area contributed by atoms with Crippen LogP contribution in [0.2, 0.25) is 0 Å². The van der Waals surface area contributed by atoms with Crippen LogP contribution < -0.4 is 0 Å².